The van der Waals surface area contributed by atoms with Crippen LogP contribution >= 0.6 is 11.6 Å². The molecule has 0 saturated carbocycles. The first-order valence-electron chi connectivity index (χ1n) is 6.26. The molecule has 0 aliphatic heterocycles. The van der Waals surface area contributed by atoms with Gasteiger partial charge in [-0.05, 0) is 18.2 Å². The lowest BCUT2D eigenvalue weighted by molar-refractivity contribution is 0.602. The summed E-state index contributed by atoms with van der Waals surface area (Å²) in [5.74, 6) is 0. The summed E-state index contributed by atoms with van der Waals surface area (Å²) in [5.41, 5.74) is 2.19. The van der Waals surface area contributed by atoms with E-state index in [1.54, 1.807) is 24.5 Å². The molecule has 1 N–H and O–H groups in total. The van der Waals surface area contributed by atoms with Crippen molar-refractivity contribution in [3.63, 3.8) is 0 Å². The number of pyridine rings is 1. The number of sulfone groups is 1. The summed E-state index contributed by atoms with van der Waals surface area (Å²) >= 11 is 6.18. The third-order valence-corrected chi connectivity index (χ3v) is 4.43. The Morgan fingerprint density at radius 3 is 2.68 bits per heavy atom. The van der Waals surface area contributed by atoms with E-state index in [-0.39, 0.29) is 4.90 Å². The van der Waals surface area contributed by atoms with Gasteiger partial charge in [0, 0.05) is 30.5 Å². The molecule has 0 bridgehead atoms. The van der Waals surface area contributed by atoms with Gasteiger partial charge < -0.3 is 5.32 Å². The van der Waals surface area contributed by atoms with E-state index in [9.17, 15) is 8.42 Å². The van der Waals surface area contributed by atoms with Crippen molar-refractivity contribution in [2.24, 2.45) is 0 Å². The van der Waals surface area contributed by atoms with Crippen LogP contribution in [-0.4, -0.2) is 29.6 Å². The molecular formula is C14H11ClN4O2S. The number of halogens is 1. The van der Waals surface area contributed by atoms with Crippen LogP contribution in [0.1, 0.15) is 0 Å². The highest BCUT2D eigenvalue weighted by molar-refractivity contribution is 7.90. The van der Waals surface area contributed by atoms with Crippen LogP contribution < -0.4 is 5.32 Å². The minimum absolute atomic E-state index is 0.165. The zero-order valence-corrected chi connectivity index (χ0v) is 13.1. The zero-order valence-electron chi connectivity index (χ0n) is 11.5. The number of hydrogen-bond donors (Lipinski definition) is 1. The Morgan fingerprint density at radius 1 is 1.14 bits per heavy atom. The average molecular weight is 335 g/mol. The molecule has 0 amide bonds. The first kappa shape index (κ1) is 14.7. The van der Waals surface area contributed by atoms with Crippen molar-refractivity contribution in [3.8, 4) is 0 Å². The number of nitrogens with one attached hydrogen (secondary N) is 1. The Morgan fingerprint density at radius 2 is 1.91 bits per heavy atom. The minimum Gasteiger partial charge on any atom is -0.353 e. The highest BCUT2D eigenvalue weighted by Gasteiger charge is 2.14. The molecule has 0 saturated heterocycles. The quantitative estimate of drug-likeness (QED) is 0.792. The molecule has 112 valence electrons. The lowest BCUT2D eigenvalue weighted by atomic mass is 10.2. The number of anilines is 2. The lowest BCUT2D eigenvalue weighted by Crippen LogP contribution is -2.03. The largest absolute Gasteiger partial charge is 0.353 e. The van der Waals surface area contributed by atoms with E-state index in [2.05, 4.69) is 20.3 Å². The van der Waals surface area contributed by atoms with Gasteiger partial charge in [0.1, 0.15) is 5.52 Å². The van der Waals surface area contributed by atoms with Crippen LogP contribution in [0, 0.1) is 0 Å². The number of aromatic nitrogens is 3. The van der Waals surface area contributed by atoms with E-state index in [0.29, 0.717) is 27.4 Å². The standard InChI is InChI=1S/C14H11ClN4O2S/c1-22(20,21)13-2-3-16-8-12(13)19-9-6-10(15)14-11(7-9)17-4-5-18-14/h2-8,19H,1H3. The summed E-state index contributed by atoms with van der Waals surface area (Å²) in [4.78, 5) is 12.5. The molecule has 0 aliphatic carbocycles. The Kier molecular flexibility index (Phi) is 3.67. The molecule has 0 spiro atoms. The first-order valence-corrected chi connectivity index (χ1v) is 8.53. The molecule has 1 aromatic carbocycles. The number of benzene rings is 1. The van der Waals surface area contributed by atoms with Crippen molar-refractivity contribution < 1.29 is 8.42 Å². The van der Waals surface area contributed by atoms with Gasteiger partial charge in [-0.3, -0.25) is 15.0 Å². The van der Waals surface area contributed by atoms with Gasteiger partial charge in [0.2, 0.25) is 0 Å². The van der Waals surface area contributed by atoms with Crippen LogP contribution in [0.25, 0.3) is 11.0 Å². The first-order chi connectivity index (χ1) is 10.4. The van der Waals surface area contributed by atoms with E-state index in [1.807, 2.05) is 0 Å². The van der Waals surface area contributed by atoms with Gasteiger partial charge in [-0.1, -0.05) is 11.6 Å². The molecule has 0 aliphatic rings. The maximum atomic E-state index is 11.8. The Bertz CT molecular complexity index is 960. The molecule has 0 atom stereocenters. The van der Waals surface area contributed by atoms with E-state index >= 15 is 0 Å². The number of fused-ring (bicyclic) bond motifs is 1. The topological polar surface area (TPSA) is 84.8 Å². The maximum Gasteiger partial charge on any atom is 0.177 e. The van der Waals surface area contributed by atoms with Crippen LogP contribution in [0.4, 0.5) is 11.4 Å². The minimum atomic E-state index is -3.37. The SMILES string of the molecule is CS(=O)(=O)c1ccncc1Nc1cc(Cl)c2nccnc2c1. The second kappa shape index (κ2) is 5.51. The summed E-state index contributed by atoms with van der Waals surface area (Å²) in [5, 5.41) is 3.45. The van der Waals surface area contributed by atoms with Crippen molar-refractivity contribution in [2.45, 2.75) is 4.90 Å². The Hall–Kier alpha value is -2.25. The van der Waals surface area contributed by atoms with Gasteiger partial charge in [0.25, 0.3) is 0 Å². The van der Waals surface area contributed by atoms with E-state index in [4.69, 9.17) is 11.6 Å². The highest BCUT2D eigenvalue weighted by atomic mass is 35.5. The van der Waals surface area contributed by atoms with E-state index < -0.39 is 9.84 Å². The molecule has 3 aromatic rings. The van der Waals surface area contributed by atoms with Crippen LogP contribution in [0.2, 0.25) is 5.02 Å². The maximum absolute atomic E-state index is 11.8. The zero-order chi connectivity index (χ0) is 15.7. The van der Waals surface area contributed by atoms with Crippen LogP contribution in [-0.2, 0) is 9.84 Å². The lowest BCUT2D eigenvalue weighted by Gasteiger charge is -2.11. The monoisotopic (exact) mass is 334 g/mol. The molecule has 0 radical (unpaired) electrons. The molecule has 2 aromatic heterocycles. The van der Waals surface area contributed by atoms with Crippen molar-refractivity contribution in [1.82, 2.24) is 15.0 Å². The van der Waals surface area contributed by atoms with Crippen molar-refractivity contribution in [1.29, 1.82) is 0 Å². The fourth-order valence-electron chi connectivity index (χ4n) is 2.06. The van der Waals surface area contributed by atoms with Gasteiger partial charge in [-0.15, -0.1) is 0 Å². The summed E-state index contributed by atoms with van der Waals surface area (Å²) in [6, 6.07) is 4.85. The van der Waals surface area contributed by atoms with Crippen LogP contribution in [0.15, 0.2) is 47.9 Å². The molecule has 0 unspecified atom stereocenters. The van der Waals surface area contributed by atoms with E-state index in [1.165, 1.54) is 18.5 Å². The molecule has 3 rings (SSSR count). The van der Waals surface area contributed by atoms with Gasteiger partial charge in [0.15, 0.2) is 9.84 Å². The van der Waals surface area contributed by atoms with Crippen LogP contribution in [0.3, 0.4) is 0 Å². The molecule has 22 heavy (non-hydrogen) atoms. The summed E-state index contributed by atoms with van der Waals surface area (Å²) in [7, 11) is -3.37. The second-order valence-electron chi connectivity index (χ2n) is 4.65. The number of rotatable bonds is 3. The molecule has 6 nitrogen and oxygen atoms in total. The fraction of sp³-hybridized carbons (Fsp3) is 0.0714. The Balaban J connectivity index is 2.08. The smallest absolute Gasteiger partial charge is 0.177 e. The third-order valence-electron chi connectivity index (χ3n) is 2.99. The summed E-state index contributed by atoms with van der Waals surface area (Å²) in [6.07, 6.45) is 7.15. The van der Waals surface area contributed by atoms with Crippen molar-refractivity contribution >= 4 is 43.8 Å². The van der Waals surface area contributed by atoms with Gasteiger partial charge in [-0.2, -0.15) is 0 Å². The van der Waals surface area contributed by atoms with Gasteiger partial charge in [0.05, 0.1) is 27.3 Å². The molecule has 2 heterocycles. The normalized spacial score (nSPS) is 11.5. The van der Waals surface area contributed by atoms with Gasteiger partial charge >= 0.3 is 0 Å². The fourth-order valence-corrected chi connectivity index (χ4v) is 3.13. The number of hydrogen-bond acceptors (Lipinski definition) is 6. The van der Waals surface area contributed by atoms with Crippen molar-refractivity contribution in [2.75, 3.05) is 11.6 Å². The second-order valence-corrected chi connectivity index (χ2v) is 7.04. The predicted octanol–water partition coefficient (Wildman–Crippen LogP) is 2.83. The van der Waals surface area contributed by atoms with Crippen molar-refractivity contribution in [3.05, 3.63) is 48.0 Å². The van der Waals surface area contributed by atoms with E-state index in [0.717, 1.165) is 6.26 Å². The predicted molar refractivity (Wildman–Crippen MR) is 85.2 cm³/mol. The van der Waals surface area contributed by atoms with Gasteiger partial charge in [-0.25, -0.2) is 8.42 Å². The van der Waals surface area contributed by atoms with Crippen LogP contribution in [0.5, 0.6) is 0 Å². The molecular weight excluding hydrogens is 324 g/mol. The summed E-state index contributed by atoms with van der Waals surface area (Å²) in [6.45, 7) is 0. The number of nitrogens with zero attached hydrogens (tertiary/aromatic N) is 3. The molecule has 8 heteroatoms. The Labute approximate surface area is 132 Å². The average Bonchev–Trinajstić information content (AvgIpc) is 2.47. The highest BCUT2D eigenvalue weighted by Crippen LogP contribution is 2.29. The summed E-state index contributed by atoms with van der Waals surface area (Å²) < 4.78 is 23.6. The molecule has 0 fully saturated rings. The third kappa shape index (κ3) is 2.86.